The number of anilines is 1. The molecule has 51 heavy (non-hydrogen) atoms. The van der Waals surface area contributed by atoms with Crippen LogP contribution in [-0.2, 0) is 11.3 Å². The normalized spacial score (nSPS) is 10.6. The highest BCUT2D eigenvalue weighted by Gasteiger charge is 2.12. The van der Waals surface area contributed by atoms with E-state index in [4.69, 9.17) is 40.0 Å². The van der Waals surface area contributed by atoms with Gasteiger partial charge in [0.1, 0.15) is 18.1 Å². The van der Waals surface area contributed by atoms with Gasteiger partial charge in [-0.25, -0.2) is 4.79 Å². The predicted octanol–water partition coefficient (Wildman–Crippen LogP) is 9.85. The minimum Gasteiger partial charge on any atom is -0.493 e. The van der Waals surface area contributed by atoms with Crippen molar-refractivity contribution >= 4 is 56.0 Å². The highest BCUT2D eigenvalue weighted by molar-refractivity contribution is 6.35. The van der Waals surface area contributed by atoms with Crippen LogP contribution in [0.25, 0.3) is 32.6 Å². The summed E-state index contributed by atoms with van der Waals surface area (Å²) in [5.41, 5.74) is 3.11. The highest BCUT2D eigenvalue weighted by Crippen LogP contribution is 2.38. The molecular formula is C40H34ClN3O7. The van der Waals surface area contributed by atoms with Crippen molar-refractivity contribution in [2.75, 3.05) is 33.8 Å². The first-order valence-corrected chi connectivity index (χ1v) is 16.1. The first kappa shape index (κ1) is 34.6. The van der Waals surface area contributed by atoms with E-state index < -0.39 is 6.09 Å². The van der Waals surface area contributed by atoms with Gasteiger partial charge in [0.25, 0.3) is 0 Å². The highest BCUT2D eigenvalue weighted by atomic mass is 35.5. The average molecular weight is 704 g/mol. The van der Waals surface area contributed by atoms with Crippen LogP contribution in [0.1, 0.15) is 5.56 Å². The molecule has 258 valence electrons. The van der Waals surface area contributed by atoms with E-state index in [1.807, 2.05) is 91.0 Å². The molecule has 7 aromatic rings. The number of fused-ring (bicyclic) bond motifs is 3. The summed E-state index contributed by atoms with van der Waals surface area (Å²) < 4.78 is 32.7. The van der Waals surface area contributed by atoms with Crippen molar-refractivity contribution in [3.05, 3.63) is 126 Å². The zero-order chi connectivity index (χ0) is 35.7. The number of nitrogens with one attached hydrogen (secondary N) is 1. The number of nitrogens with zero attached hydrogens (tertiary/aromatic N) is 2. The Morgan fingerprint density at radius 3 is 1.90 bits per heavy atom. The fraction of sp³-hybridized carbons (Fsp3) is 0.125. The lowest BCUT2D eigenvalue weighted by molar-refractivity contribution is 0.155. The van der Waals surface area contributed by atoms with Gasteiger partial charge in [0.2, 0.25) is 0 Å². The van der Waals surface area contributed by atoms with Crippen molar-refractivity contribution in [2.45, 2.75) is 6.61 Å². The molecule has 2 heterocycles. The molecule has 2 aromatic heterocycles. The maximum Gasteiger partial charge on any atom is 0.411 e. The van der Waals surface area contributed by atoms with Crippen LogP contribution in [0, 0.1) is 0 Å². The van der Waals surface area contributed by atoms with Crippen LogP contribution in [0.15, 0.2) is 116 Å². The van der Waals surface area contributed by atoms with Crippen LogP contribution < -0.4 is 29.0 Å². The number of aromatic nitrogens is 2. The number of amides is 1. The number of carbonyl (C=O) groups is 1. The second kappa shape index (κ2) is 16.0. The number of hydrogen-bond acceptors (Lipinski definition) is 9. The first-order valence-electron chi connectivity index (χ1n) is 15.8. The Balaban J connectivity index is 0.000000249. The third kappa shape index (κ3) is 8.14. The van der Waals surface area contributed by atoms with Crippen LogP contribution >= 0.6 is 11.6 Å². The summed E-state index contributed by atoms with van der Waals surface area (Å²) in [6, 6.07) is 31.8. The molecule has 0 saturated carbocycles. The Labute approximate surface area is 299 Å². The summed E-state index contributed by atoms with van der Waals surface area (Å²) in [5.74, 6) is 3.84. The topological polar surface area (TPSA) is 110 Å². The Bertz CT molecular complexity index is 2320. The van der Waals surface area contributed by atoms with E-state index in [0.29, 0.717) is 45.2 Å². The van der Waals surface area contributed by atoms with Crippen LogP contribution in [0.5, 0.6) is 34.5 Å². The average Bonchev–Trinajstić information content (AvgIpc) is 3.17. The van der Waals surface area contributed by atoms with Crippen molar-refractivity contribution in [1.29, 1.82) is 0 Å². The lowest BCUT2D eigenvalue weighted by Crippen LogP contribution is -2.13. The Morgan fingerprint density at radius 1 is 0.627 bits per heavy atom. The van der Waals surface area contributed by atoms with Gasteiger partial charge in [-0.1, -0.05) is 54.1 Å². The van der Waals surface area contributed by atoms with Gasteiger partial charge in [0.15, 0.2) is 23.0 Å². The van der Waals surface area contributed by atoms with Crippen molar-refractivity contribution in [3.63, 3.8) is 0 Å². The lowest BCUT2D eigenvalue weighted by atomic mass is 10.1. The van der Waals surface area contributed by atoms with Crippen molar-refractivity contribution in [3.8, 4) is 34.5 Å². The van der Waals surface area contributed by atoms with E-state index in [1.54, 1.807) is 53.0 Å². The van der Waals surface area contributed by atoms with E-state index in [1.165, 1.54) is 0 Å². The van der Waals surface area contributed by atoms with Crippen molar-refractivity contribution in [2.24, 2.45) is 0 Å². The summed E-state index contributed by atoms with van der Waals surface area (Å²) >= 11 is 6.05. The number of halogens is 1. The Morgan fingerprint density at radius 2 is 1.22 bits per heavy atom. The molecule has 0 bridgehead atoms. The zero-order valence-corrected chi connectivity index (χ0v) is 29.1. The summed E-state index contributed by atoms with van der Waals surface area (Å²) in [7, 11) is 6.37. The molecule has 1 N–H and O–H groups in total. The maximum atomic E-state index is 12.2. The standard InChI is InChI=1S/C29H24N2O5.C11H10ClNO2/c1-33-27-16-24-25(17-28(27)34-2)30-13-12-26(24)36-23-11-9-20-14-22(10-8-21(20)15-23)31-29(32)35-18-19-6-4-3-5-7-19;1-14-10-5-7-8(12)3-4-13-9(7)6-11(10)15-2/h3-17H,18H2,1-2H3,(H,31,32);3-6H,1-2H3. The number of rotatable bonds is 9. The van der Waals surface area contributed by atoms with Gasteiger partial charge in [-0.15, -0.1) is 0 Å². The molecule has 0 saturated heterocycles. The molecular weight excluding hydrogens is 670 g/mol. The fourth-order valence-corrected chi connectivity index (χ4v) is 5.55. The molecule has 0 fully saturated rings. The van der Waals surface area contributed by atoms with Gasteiger partial charge in [-0.3, -0.25) is 15.3 Å². The summed E-state index contributed by atoms with van der Waals surface area (Å²) in [6.45, 7) is 0.212. The molecule has 7 rings (SSSR count). The maximum absolute atomic E-state index is 12.2. The quantitative estimate of drug-likeness (QED) is 0.157. The van der Waals surface area contributed by atoms with Gasteiger partial charge in [-0.2, -0.15) is 0 Å². The Hall–Kier alpha value is -6.26. The SMILES string of the molecule is COc1cc2nccc(Cl)c2cc1OC.COc1cc2nccc(Oc3ccc4cc(NC(=O)OCc5ccccc5)ccc4c3)c2cc1OC. The van der Waals surface area contributed by atoms with Gasteiger partial charge in [-0.05, 0) is 64.9 Å². The number of pyridine rings is 2. The third-order valence-electron chi connectivity index (χ3n) is 7.90. The number of hydrogen-bond donors (Lipinski definition) is 1. The molecule has 0 aliphatic carbocycles. The minimum absolute atomic E-state index is 0.212. The number of ether oxygens (including phenoxy) is 6. The third-order valence-corrected chi connectivity index (χ3v) is 8.23. The van der Waals surface area contributed by atoms with E-state index >= 15 is 0 Å². The summed E-state index contributed by atoms with van der Waals surface area (Å²) in [5, 5.41) is 7.02. The molecule has 11 heteroatoms. The van der Waals surface area contributed by atoms with E-state index in [-0.39, 0.29) is 6.61 Å². The van der Waals surface area contributed by atoms with Gasteiger partial charge < -0.3 is 28.4 Å². The first-order chi connectivity index (χ1) is 24.9. The van der Waals surface area contributed by atoms with Gasteiger partial charge in [0.05, 0.1) is 44.5 Å². The summed E-state index contributed by atoms with van der Waals surface area (Å²) in [4.78, 5) is 20.8. The van der Waals surface area contributed by atoms with Crippen molar-refractivity contribution < 1.29 is 33.2 Å². The molecule has 10 nitrogen and oxygen atoms in total. The number of methoxy groups -OCH3 is 4. The van der Waals surface area contributed by atoms with Gasteiger partial charge in [0, 0.05) is 41.0 Å². The molecule has 5 aromatic carbocycles. The van der Waals surface area contributed by atoms with E-state index in [9.17, 15) is 4.79 Å². The lowest BCUT2D eigenvalue weighted by Gasteiger charge is -2.13. The minimum atomic E-state index is -0.505. The molecule has 0 aliphatic rings. The van der Waals surface area contributed by atoms with Gasteiger partial charge >= 0.3 is 6.09 Å². The van der Waals surface area contributed by atoms with Crippen LogP contribution in [0.3, 0.4) is 0 Å². The Kier molecular flexibility index (Phi) is 10.8. The van der Waals surface area contributed by atoms with E-state index in [2.05, 4.69) is 15.3 Å². The van der Waals surface area contributed by atoms with Crippen LogP contribution in [-0.4, -0.2) is 44.5 Å². The molecule has 0 radical (unpaired) electrons. The monoisotopic (exact) mass is 703 g/mol. The van der Waals surface area contributed by atoms with E-state index in [0.717, 1.165) is 38.1 Å². The fourth-order valence-electron chi connectivity index (χ4n) is 5.34. The number of carbonyl (C=O) groups excluding carboxylic acids is 1. The molecule has 0 aliphatic heterocycles. The largest absolute Gasteiger partial charge is 0.493 e. The van der Waals surface area contributed by atoms with Crippen LogP contribution in [0.2, 0.25) is 5.02 Å². The summed E-state index contributed by atoms with van der Waals surface area (Å²) in [6.07, 6.45) is 2.85. The second-order valence-electron chi connectivity index (χ2n) is 11.1. The molecule has 0 spiro atoms. The van der Waals surface area contributed by atoms with Crippen LogP contribution in [0.4, 0.5) is 10.5 Å². The second-order valence-corrected chi connectivity index (χ2v) is 11.5. The molecule has 1 amide bonds. The molecule has 0 atom stereocenters. The molecule has 0 unspecified atom stereocenters. The predicted molar refractivity (Wildman–Crippen MR) is 199 cm³/mol. The van der Waals surface area contributed by atoms with Crippen molar-refractivity contribution in [1.82, 2.24) is 9.97 Å². The smallest absolute Gasteiger partial charge is 0.411 e. The number of benzene rings is 5. The zero-order valence-electron chi connectivity index (χ0n) is 28.3.